The summed E-state index contributed by atoms with van der Waals surface area (Å²) in [6, 6.07) is 8.33. The molecule has 1 nitrogen and oxygen atoms in total. The van der Waals surface area contributed by atoms with Crippen molar-refractivity contribution < 1.29 is 4.74 Å². The van der Waals surface area contributed by atoms with Crippen molar-refractivity contribution in [3.8, 4) is 5.75 Å². The third-order valence-corrected chi connectivity index (χ3v) is 2.81. The smallest absolute Gasteiger partial charge is 0.119 e. The number of benzene rings is 1. The molecular formula is C16H24O. The minimum atomic E-state index is 0.699. The van der Waals surface area contributed by atoms with E-state index in [0.29, 0.717) is 5.92 Å². The molecule has 0 saturated heterocycles. The zero-order valence-corrected chi connectivity index (χ0v) is 11.5. The number of rotatable bonds is 6. The third-order valence-electron chi connectivity index (χ3n) is 2.81. The highest BCUT2D eigenvalue weighted by molar-refractivity contribution is 5.53. The number of hydrogen-bond donors (Lipinski definition) is 0. The van der Waals surface area contributed by atoms with Crippen LogP contribution in [0.1, 0.15) is 46.1 Å². The molecule has 1 heteroatoms. The predicted octanol–water partition coefficient (Wildman–Crippen LogP) is 4.92. The van der Waals surface area contributed by atoms with Crippen LogP contribution < -0.4 is 4.74 Å². The lowest BCUT2D eigenvalue weighted by Gasteiger charge is -2.08. The van der Waals surface area contributed by atoms with Gasteiger partial charge in [-0.15, -0.1) is 0 Å². The van der Waals surface area contributed by atoms with Crippen molar-refractivity contribution in [3.05, 3.63) is 35.4 Å². The average Bonchev–Trinajstić information content (AvgIpc) is 2.31. The van der Waals surface area contributed by atoms with Crippen LogP contribution in [-0.4, -0.2) is 6.61 Å². The first-order chi connectivity index (χ1) is 8.11. The van der Waals surface area contributed by atoms with Gasteiger partial charge in [-0.3, -0.25) is 0 Å². The van der Waals surface area contributed by atoms with Gasteiger partial charge in [0.1, 0.15) is 5.75 Å². The van der Waals surface area contributed by atoms with Gasteiger partial charge < -0.3 is 4.74 Å². The van der Waals surface area contributed by atoms with Crippen LogP contribution in [0.15, 0.2) is 29.8 Å². The van der Waals surface area contributed by atoms with E-state index < -0.39 is 0 Å². The second-order valence-electron chi connectivity index (χ2n) is 4.94. The molecule has 1 rings (SSSR count). The van der Waals surface area contributed by atoms with Crippen molar-refractivity contribution >= 4 is 6.08 Å². The molecule has 0 amide bonds. The first kappa shape index (κ1) is 13.8. The van der Waals surface area contributed by atoms with Crippen LogP contribution in [0.5, 0.6) is 5.75 Å². The SMILES string of the molecule is CC/C(C)=C\c1ccc(OCCC(C)C)cc1. The number of hydrogen-bond acceptors (Lipinski definition) is 1. The fourth-order valence-electron chi connectivity index (χ4n) is 1.46. The second-order valence-corrected chi connectivity index (χ2v) is 4.94. The summed E-state index contributed by atoms with van der Waals surface area (Å²) in [5.41, 5.74) is 2.65. The summed E-state index contributed by atoms with van der Waals surface area (Å²) in [4.78, 5) is 0. The molecule has 0 aromatic heterocycles. The maximum Gasteiger partial charge on any atom is 0.119 e. The topological polar surface area (TPSA) is 9.23 Å². The van der Waals surface area contributed by atoms with Crippen molar-refractivity contribution in [1.29, 1.82) is 0 Å². The van der Waals surface area contributed by atoms with Crippen LogP contribution in [0, 0.1) is 5.92 Å². The minimum Gasteiger partial charge on any atom is -0.494 e. The number of ether oxygens (including phenoxy) is 1. The van der Waals surface area contributed by atoms with Crippen molar-refractivity contribution in [1.82, 2.24) is 0 Å². The van der Waals surface area contributed by atoms with Crippen molar-refractivity contribution in [2.24, 2.45) is 5.92 Å². The highest BCUT2D eigenvalue weighted by Crippen LogP contribution is 2.16. The van der Waals surface area contributed by atoms with E-state index in [0.717, 1.165) is 25.2 Å². The van der Waals surface area contributed by atoms with E-state index in [1.165, 1.54) is 11.1 Å². The third kappa shape index (κ3) is 5.58. The minimum absolute atomic E-state index is 0.699. The number of allylic oxidation sites excluding steroid dienone is 1. The van der Waals surface area contributed by atoms with Gasteiger partial charge in [-0.05, 0) is 43.4 Å². The van der Waals surface area contributed by atoms with Gasteiger partial charge >= 0.3 is 0 Å². The molecule has 0 aliphatic rings. The van der Waals surface area contributed by atoms with Crippen LogP contribution >= 0.6 is 0 Å². The first-order valence-corrected chi connectivity index (χ1v) is 6.52. The van der Waals surface area contributed by atoms with E-state index in [4.69, 9.17) is 4.74 Å². The second kappa shape index (κ2) is 7.16. The zero-order chi connectivity index (χ0) is 12.7. The molecule has 0 saturated carbocycles. The molecule has 1 aromatic carbocycles. The molecule has 0 aliphatic heterocycles. The molecule has 94 valence electrons. The van der Waals surface area contributed by atoms with Gasteiger partial charge in [0.2, 0.25) is 0 Å². The summed E-state index contributed by atoms with van der Waals surface area (Å²) < 4.78 is 5.68. The van der Waals surface area contributed by atoms with E-state index in [2.05, 4.69) is 58.0 Å². The highest BCUT2D eigenvalue weighted by Gasteiger charge is 1.97. The van der Waals surface area contributed by atoms with Gasteiger partial charge in [0.25, 0.3) is 0 Å². The van der Waals surface area contributed by atoms with Crippen molar-refractivity contribution in [2.45, 2.75) is 40.5 Å². The molecule has 17 heavy (non-hydrogen) atoms. The summed E-state index contributed by atoms with van der Waals surface area (Å²) in [5, 5.41) is 0. The van der Waals surface area contributed by atoms with Gasteiger partial charge in [0, 0.05) is 0 Å². The Kier molecular flexibility index (Phi) is 5.82. The summed E-state index contributed by atoms with van der Waals surface area (Å²) in [6.07, 6.45) is 4.43. The Hall–Kier alpha value is -1.24. The Balaban J connectivity index is 2.50. The van der Waals surface area contributed by atoms with Gasteiger partial charge in [0.05, 0.1) is 6.61 Å². The summed E-state index contributed by atoms with van der Waals surface area (Å²) >= 11 is 0. The van der Waals surface area contributed by atoms with Crippen LogP contribution in [0.2, 0.25) is 0 Å². The van der Waals surface area contributed by atoms with Crippen molar-refractivity contribution in [3.63, 3.8) is 0 Å². The van der Waals surface area contributed by atoms with Gasteiger partial charge in [-0.2, -0.15) is 0 Å². The standard InChI is InChI=1S/C16H24O/c1-5-14(4)12-15-6-8-16(9-7-15)17-11-10-13(2)3/h6-9,12-13H,5,10-11H2,1-4H3/b14-12-. The van der Waals surface area contributed by atoms with Crippen LogP contribution in [0.3, 0.4) is 0 Å². The van der Waals surface area contributed by atoms with Crippen LogP contribution in [0.25, 0.3) is 6.08 Å². The van der Waals surface area contributed by atoms with Gasteiger partial charge in [0.15, 0.2) is 0 Å². The van der Waals surface area contributed by atoms with E-state index in [1.54, 1.807) is 0 Å². The molecule has 0 aliphatic carbocycles. The predicted molar refractivity (Wildman–Crippen MR) is 75.3 cm³/mol. The monoisotopic (exact) mass is 232 g/mol. The fourth-order valence-corrected chi connectivity index (χ4v) is 1.46. The maximum absolute atomic E-state index is 5.68. The molecule has 0 fully saturated rings. The Morgan fingerprint density at radius 3 is 2.41 bits per heavy atom. The van der Waals surface area contributed by atoms with Crippen molar-refractivity contribution in [2.75, 3.05) is 6.61 Å². The normalized spacial score (nSPS) is 11.9. The lowest BCUT2D eigenvalue weighted by Crippen LogP contribution is -2.01. The largest absolute Gasteiger partial charge is 0.494 e. The van der Waals surface area contributed by atoms with E-state index >= 15 is 0 Å². The molecule has 0 heterocycles. The van der Waals surface area contributed by atoms with E-state index in [-0.39, 0.29) is 0 Å². The van der Waals surface area contributed by atoms with Gasteiger partial charge in [-0.25, -0.2) is 0 Å². The van der Waals surface area contributed by atoms with Gasteiger partial charge in [-0.1, -0.05) is 44.6 Å². The molecule has 0 N–H and O–H groups in total. The molecule has 0 bridgehead atoms. The summed E-state index contributed by atoms with van der Waals surface area (Å²) in [6.45, 7) is 9.57. The fraction of sp³-hybridized carbons (Fsp3) is 0.500. The lowest BCUT2D eigenvalue weighted by atomic mass is 10.1. The lowest BCUT2D eigenvalue weighted by molar-refractivity contribution is 0.289. The van der Waals surface area contributed by atoms with E-state index in [9.17, 15) is 0 Å². The molecule has 0 radical (unpaired) electrons. The zero-order valence-electron chi connectivity index (χ0n) is 11.5. The summed E-state index contributed by atoms with van der Waals surface area (Å²) in [7, 11) is 0. The molecular weight excluding hydrogens is 208 g/mol. The molecule has 0 spiro atoms. The quantitative estimate of drug-likeness (QED) is 0.676. The molecule has 0 atom stereocenters. The molecule has 0 unspecified atom stereocenters. The Morgan fingerprint density at radius 2 is 1.88 bits per heavy atom. The summed E-state index contributed by atoms with van der Waals surface area (Å²) in [5.74, 6) is 1.67. The van der Waals surface area contributed by atoms with Crippen LogP contribution in [0.4, 0.5) is 0 Å². The van der Waals surface area contributed by atoms with Crippen LogP contribution in [-0.2, 0) is 0 Å². The Bertz CT molecular complexity index is 346. The highest BCUT2D eigenvalue weighted by atomic mass is 16.5. The average molecular weight is 232 g/mol. The Morgan fingerprint density at radius 1 is 1.24 bits per heavy atom. The van der Waals surface area contributed by atoms with E-state index in [1.807, 2.05) is 0 Å². The Labute approximate surface area is 106 Å². The molecule has 1 aromatic rings. The first-order valence-electron chi connectivity index (χ1n) is 6.52. The maximum atomic E-state index is 5.68.